The number of amides is 3. The van der Waals surface area contributed by atoms with E-state index < -0.39 is 12.0 Å². The number of likely N-dealkylation sites (tertiary alicyclic amines) is 1. The lowest BCUT2D eigenvalue weighted by Gasteiger charge is -2.23. The standard InChI is InChI=1S/C26H25N3O3/c30-24(20-13-12-18-8-4-5-9-19(18)16-20)27-23-22(25(31)28-14-6-7-15-28)17-29(26(23)32)21-10-2-1-3-11-21/h1-5,8-13,16,22-23H,6-7,14-15,17H2,(H,27,30)/t22-,23+/m0/s1. The van der Waals surface area contributed by atoms with Gasteiger partial charge in [0, 0.05) is 30.9 Å². The van der Waals surface area contributed by atoms with E-state index in [1.165, 1.54) is 0 Å². The number of fused-ring (bicyclic) bond motifs is 1. The van der Waals surface area contributed by atoms with Crippen molar-refractivity contribution in [3.05, 3.63) is 78.4 Å². The van der Waals surface area contributed by atoms with Crippen LogP contribution in [-0.4, -0.2) is 48.3 Å². The average Bonchev–Trinajstić information content (AvgIpc) is 3.48. The summed E-state index contributed by atoms with van der Waals surface area (Å²) in [6.45, 7) is 1.68. The zero-order valence-electron chi connectivity index (χ0n) is 17.7. The van der Waals surface area contributed by atoms with E-state index in [9.17, 15) is 14.4 Å². The van der Waals surface area contributed by atoms with E-state index in [1.807, 2.05) is 71.6 Å². The molecular weight excluding hydrogens is 402 g/mol. The fourth-order valence-electron chi connectivity index (χ4n) is 4.68. The van der Waals surface area contributed by atoms with Crippen LogP contribution in [0.25, 0.3) is 10.8 Å². The fraction of sp³-hybridized carbons (Fsp3) is 0.269. The number of nitrogens with zero attached hydrogens (tertiary/aromatic N) is 2. The van der Waals surface area contributed by atoms with Crippen LogP contribution in [-0.2, 0) is 9.59 Å². The SMILES string of the molecule is O=C(N[C@H]1C(=O)N(c2ccccc2)C[C@@H]1C(=O)N1CCCC1)c1ccc2ccccc2c1. The summed E-state index contributed by atoms with van der Waals surface area (Å²) < 4.78 is 0. The number of hydrogen-bond donors (Lipinski definition) is 1. The van der Waals surface area contributed by atoms with Crippen LogP contribution in [0.4, 0.5) is 5.69 Å². The molecule has 0 radical (unpaired) electrons. The number of benzene rings is 3. The van der Waals surface area contributed by atoms with Crippen molar-refractivity contribution in [3.8, 4) is 0 Å². The molecule has 0 aliphatic carbocycles. The molecular formula is C26H25N3O3. The Balaban J connectivity index is 1.43. The number of rotatable bonds is 4. The summed E-state index contributed by atoms with van der Waals surface area (Å²) in [5.41, 5.74) is 1.21. The molecule has 1 N–H and O–H groups in total. The molecule has 0 unspecified atom stereocenters. The second kappa shape index (κ2) is 8.46. The highest BCUT2D eigenvalue weighted by Gasteiger charge is 2.47. The lowest BCUT2D eigenvalue weighted by atomic mass is 10.0. The van der Waals surface area contributed by atoms with E-state index in [0.29, 0.717) is 18.7 Å². The van der Waals surface area contributed by atoms with E-state index in [2.05, 4.69) is 5.32 Å². The molecule has 2 heterocycles. The molecule has 3 amide bonds. The summed E-state index contributed by atoms with van der Waals surface area (Å²) in [7, 11) is 0. The van der Waals surface area contributed by atoms with Gasteiger partial charge in [0.05, 0.1) is 5.92 Å². The number of para-hydroxylation sites is 1. The van der Waals surface area contributed by atoms with Crippen molar-refractivity contribution in [3.63, 3.8) is 0 Å². The highest BCUT2D eigenvalue weighted by atomic mass is 16.2. The first kappa shape index (κ1) is 20.2. The Kier molecular flexibility index (Phi) is 5.35. The van der Waals surface area contributed by atoms with Gasteiger partial charge < -0.3 is 15.1 Å². The lowest BCUT2D eigenvalue weighted by Crippen LogP contribution is -2.48. The predicted molar refractivity (Wildman–Crippen MR) is 123 cm³/mol. The maximum atomic E-state index is 13.4. The van der Waals surface area contributed by atoms with Crippen LogP contribution in [0.15, 0.2) is 72.8 Å². The minimum absolute atomic E-state index is 0.0573. The molecule has 6 nitrogen and oxygen atoms in total. The second-order valence-electron chi connectivity index (χ2n) is 8.44. The molecule has 32 heavy (non-hydrogen) atoms. The third-order valence-corrected chi connectivity index (χ3v) is 6.41. The smallest absolute Gasteiger partial charge is 0.251 e. The summed E-state index contributed by atoms with van der Waals surface area (Å²) in [6.07, 6.45) is 1.95. The average molecular weight is 428 g/mol. The van der Waals surface area contributed by atoms with Crippen LogP contribution in [0.2, 0.25) is 0 Å². The number of anilines is 1. The lowest BCUT2D eigenvalue weighted by molar-refractivity contribution is -0.135. The van der Waals surface area contributed by atoms with Crippen molar-refractivity contribution >= 4 is 34.2 Å². The summed E-state index contributed by atoms with van der Waals surface area (Å²) in [5.74, 6) is -1.26. The fourth-order valence-corrected chi connectivity index (χ4v) is 4.68. The van der Waals surface area contributed by atoms with E-state index in [0.717, 1.165) is 29.3 Å². The van der Waals surface area contributed by atoms with Gasteiger partial charge in [-0.1, -0.05) is 48.5 Å². The molecule has 2 fully saturated rings. The first-order valence-corrected chi connectivity index (χ1v) is 11.1. The van der Waals surface area contributed by atoms with Gasteiger partial charge in [-0.2, -0.15) is 0 Å². The van der Waals surface area contributed by atoms with E-state index in [1.54, 1.807) is 11.0 Å². The Bertz CT molecular complexity index is 1170. The Morgan fingerprint density at radius 1 is 0.844 bits per heavy atom. The first-order chi connectivity index (χ1) is 15.6. The van der Waals surface area contributed by atoms with Gasteiger partial charge in [-0.25, -0.2) is 0 Å². The minimum atomic E-state index is -0.887. The maximum Gasteiger partial charge on any atom is 0.251 e. The van der Waals surface area contributed by atoms with Crippen LogP contribution in [0.5, 0.6) is 0 Å². The predicted octanol–water partition coefficient (Wildman–Crippen LogP) is 3.22. The highest BCUT2D eigenvalue weighted by Crippen LogP contribution is 2.28. The Morgan fingerprint density at radius 2 is 1.53 bits per heavy atom. The Hall–Kier alpha value is -3.67. The van der Waals surface area contributed by atoms with Crippen LogP contribution < -0.4 is 10.2 Å². The second-order valence-corrected chi connectivity index (χ2v) is 8.44. The number of hydrogen-bond acceptors (Lipinski definition) is 3. The summed E-state index contributed by atoms with van der Waals surface area (Å²) in [5, 5.41) is 4.88. The van der Waals surface area contributed by atoms with Crippen molar-refractivity contribution in [2.75, 3.05) is 24.5 Å². The normalized spacial score (nSPS) is 20.7. The molecule has 2 aliphatic rings. The molecule has 162 valence electrons. The van der Waals surface area contributed by atoms with Crippen molar-refractivity contribution < 1.29 is 14.4 Å². The van der Waals surface area contributed by atoms with Gasteiger partial charge in [0.15, 0.2) is 0 Å². The van der Waals surface area contributed by atoms with Gasteiger partial charge in [0.1, 0.15) is 6.04 Å². The summed E-state index contributed by atoms with van der Waals surface area (Å²) in [4.78, 5) is 43.2. The molecule has 2 saturated heterocycles. The van der Waals surface area contributed by atoms with Gasteiger partial charge in [0.25, 0.3) is 5.91 Å². The van der Waals surface area contributed by atoms with Crippen molar-refractivity contribution in [1.82, 2.24) is 10.2 Å². The van der Waals surface area contributed by atoms with E-state index >= 15 is 0 Å². The van der Waals surface area contributed by atoms with E-state index in [4.69, 9.17) is 0 Å². The zero-order chi connectivity index (χ0) is 22.1. The molecule has 2 aliphatic heterocycles. The quantitative estimate of drug-likeness (QED) is 0.695. The van der Waals surface area contributed by atoms with Gasteiger partial charge in [-0.05, 0) is 47.9 Å². The van der Waals surface area contributed by atoms with Gasteiger partial charge in [-0.15, -0.1) is 0 Å². The van der Waals surface area contributed by atoms with Crippen LogP contribution in [0, 0.1) is 5.92 Å². The van der Waals surface area contributed by atoms with Crippen molar-refractivity contribution in [1.29, 1.82) is 0 Å². The largest absolute Gasteiger partial charge is 0.342 e. The van der Waals surface area contributed by atoms with Gasteiger partial charge in [-0.3, -0.25) is 14.4 Å². The molecule has 3 aromatic rings. The molecule has 0 saturated carbocycles. The Labute approximate surface area is 186 Å². The van der Waals surface area contributed by atoms with Crippen molar-refractivity contribution in [2.45, 2.75) is 18.9 Å². The van der Waals surface area contributed by atoms with Crippen LogP contribution in [0.3, 0.4) is 0 Å². The van der Waals surface area contributed by atoms with Crippen LogP contribution in [0.1, 0.15) is 23.2 Å². The van der Waals surface area contributed by atoms with E-state index in [-0.39, 0.29) is 24.3 Å². The highest BCUT2D eigenvalue weighted by molar-refractivity contribution is 6.08. The minimum Gasteiger partial charge on any atom is -0.342 e. The van der Waals surface area contributed by atoms with Crippen molar-refractivity contribution in [2.24, 2.45) is 5.92 Å². The monoisotopic (exact) mass is 427 g/mol. The summed E-state index contributed by atoms with van der Waals surface area (Å²) in [6, 6.07) is 21.7. The third-order valence-electron chi connectivity index (χ3n) is 6.41. The third kappa shape index (κ3) is 3.73. The molecule has 0 bridgehead atoms. The first-order valence-electron chi connectivity index (χ1n) is 11.1. The molecule has 5 rings (SSSR count). The van der Waals surface area contributed by atoms with Gasteiger partial charge >= 0.3 is 0 Å². The number of carbonyl (C=O) groups is 3. The number of nitrogens with one attached hydrogen (secondary N) is 1. The Morgan fingerprint density at radius 3 is 2.28 bits per heavy atom. The van der Waals surface area contributed by atoms with Gasteiger partial charge in [0.2, 0.25) is 11.8 Å². The maximum absolute atomic E-state index is 13.4. The molecule has 2 atom stereocenters. The molecule has 3 aromatic carbocycles. The van der Waals surface area contributed by atoms with Crippen LogP contribution >= 0.6 is 0 Å². The number of carbonyl (C=O) groups excluding carboxylic acids is 3. The topological polar surface area (TPSA) is 69.7 Å². The molecule has 0 spiro atoms. The molecule has 6 heteroatoms. The molecule has 0 aromatic heterocycles. The summed E-state index contributed by atoms with van der Waals surface area (Å²) >= 11 is 0. The zero-order valence-corrected chi connectivity index (χ0v) is 17.7.